The maximum absolute atomic E-state index is 6.49. The fraction of sp³-hybridized carbons (Fsp3) is 0. The quantitative estimate of drug-likeness (QED) is 0.151. The van der Waals surface area contributed by atoms with Crippen molar-refractivity contribution < 1.29 is 4.42 Å². The molecule has 11 aromatic rings. The molecule has 58 heavy (non-hydrogen) atoms. The van der Waals surface area contributed by atoms with Crippen LogP contribution >= 0.6 is 0 Å². The van der Waals surface area contributed by atoms with Gasteiger partial charge in [0.25, 0.3) is 0 Å². The van der Waals surface area contributed by atoms with Gasteiger partial charge < -0.3 is 9.32 Å². The highest BCUT2D eigenvalue weighted by molar-refractivity contribution is 6.11. The van der Waals surface area contributed by atoms with Crippen molar-refractivity contribution in [1.29, 1.82) is 0 Å². The lowest BCUT2D eigenvalue weighted by molar-refractivity contribution is 0.670. The standard InChI is InChI=1S/C56H37NO/c1-3-11-38(12-4-1)44-16-9-17-45(35-44)39-23-29-47(30-24-39)57(49-33-27-43-22-21-42-15-7-8-18-50(42)53(43)37-49)48-31-25-40(26-32-48)46-28-34-55-54(36-46)52-20-10-19-51(56(52)58-55)41-13-5-2-6-14-41/h1-37H. The summed E-state index contributed by atoms with van der Waals surface area (Å²) < 4.78 is 6.49. The SMILES string of the molecule is c1ccc(-c2cccc(-c3ccc(N(c4ccc(-c5ccc6oc7c(-c8ccccc8)cccc7c6c5)cc4)c4ccc5ccc6ccccc6c5c4)cc3)c2)cc1. The first-order chi connectivity index (χ1) is 28.7. The molecule has 0 saturated heterocycles. The van der Waals surface area contributed by atoms with Gasteiger partial charge in [0.05, 0.1) is 0 Å². The molecular weight excluding hydrogens is 703 g/mol. The minimum Gasteiger partial charge on any atom is -0.455 e. The molecular formula is C56H37NO. The zero-order valence-electron chi connectivity index (χ0n) is 31.7. The van der Waals surface area contributed by atoms with Crippen LogP contribution in [-0.2, 0) is 0 Å². The third-order valence-corrected chi connectivity index (χ3v) is 11.5. The van der Waals surface area contributed by atoms with Crippen molar-refractivity contribution in [3.8, 4) is 44.5 Å². The lowest BCUT2D eigenvalue weighted by atomic mass is 9.98. The van der Waals surface area contributed by atoms with Crippen LogP contribution in [0.3, 0.4) is 0 Å². The summed E-state index contributed by atoms with van der Waals surface area (Å²) in [5.74, 6) is 0. The zero-order valence-corrected chi connectivity index (χ0v) is 31.7. The highest BCUT2D eigenvalue weighted by atomic mass is 16.3. The van der Waals surface area contributed by atoms with Gasteiger partial charge in [-0.2, -0.15) is 0 Å². The second-order valence-electron chi connectivity index (χ2n) is 14.9. The third-order valence-electron chi connectivity index (χ3n) is 11.5. The Morgan fingerprint density at radius 1 is 0.276 bits per heavy atom. The van der Waals surface area contributed by atoms with Crippen LogP contribution in [0.25, 0.3) is 88.0 Å². The highest BCUT2D eigenvalue weighted by Gasteiger charge is 2.17. The summed E-state index contributed by atoms with van der Waals surface area (Å²) >= 11 is 0. The Bertz CT molecular complexity index is 3250. The Morgan fingerprint density at radius 2 is 0.776 bits per heavy atom. The Morgan fingerprint density at radius 3 is 1.48 bits per heavy atom. The van der Waals surface area contributed by atoms with Gasteiger partial charge in [-0.15, -0.1) is 0 Å². The molecule has 0 radical (unpaired) electrons. The van der Waals surface area contributed by atoms with E-state index >= 15 is 0 Å². The molecule has 11 rings (SSSR count). The van der Waals surface area contributed by atoms with Crippen molar-refractivity contribution in [2.24, 2.45) is 0 Å². The van der Waals surface area contributed by atoms with Crippen molar-refractivity contribution in [1.82, 2.24) is 0 Å². The highest BCUT2D eigenvalue weighted by Crippen LogP contribution is 2.41. The Hall–Kier alpha value is -7.68. The van der Waals surface area contributed by atoms with Crippen LogP contribution in [0.1, 0.15) is 0 Å². The van der Waals surface area contributed by atoms with E-state index in [2.05, 4.69) is 223 Å². The van der Waals surface area contributed by atoms with E-state index in [1.54, 1.807) is 0 Å². The predicted molar refractivity (Wildman–Crippen MR) is 245 cm³/mol. The number of rotatable bonds is 7. The van der Waals surface area contributed by atoms with Crippen molar-refractivity contribution in [2.75, 3.05) is 4.90 Å². The lowest BCUT2D eigenvalue weighted by Crippen LogP contribution is -2.09. The molecule has 10 aromatic carbocycles. The van der Waals surface area contributed by atoms with Gasteiger partial charge in [0.1, 0.15) is 11.2 Å². The average molecular weight is 740 g/mol. The summed E-state index contributed by atoms with van der Waals surface area (Å²) in [5.41, 5.74) is 14.5. The average Bonchev–Trinajstić information content (AvgIpc) is 3.68. The monoisotopic (exact) mass is 739 g/mol. The zero-order chi connectivity index (χ0) is 38.4. The maximum Gasteiger partial charge on any atom is 0.143 e. The van der Waals surface area contributed by atoms with Crippen molar-refractivity contribution in [3.63, 3.8) is 0 Å². The molecule has 0 aliphatic heterocycles. The number of hydrogen-bond acceptors (Lipinski definition) is 2. The van der Waals surface area contributed by atoms with Crippen molar-refractivity contribution in [3.05, 3.63) is 224 Å². The van der Waals surface area contributed by atoms with E-state index in [1.165, 1.54) is 43.8 Å². The largest absolute Gasteiger partial charge is 0.455 e. The summed E-state index contributed by atoms with van der Waals surface area (Å²) in [5, 5.41) is 7.20. The van der Waals surface area contributed by atoms with E-state index in [0.29, 0.717) is 0 Å². The second kappa shape index (κ2) is 14.1. The fourth-order valence-corrected chi connectivity index (χ4v) is 8.51. The van der Waals surface area contributed by atoms with Crippen LogP contribution in [0.5, 0.6) is 0 Å². The van der Waals surface area contributed by atoms with E-state index in [-0.39, 0.29) is 0 Å². The molecule has 0 spiro atoms. The molecule has 2 heteroatoms. The molecule has 1 aromatic heterocycles. The first-order valence-corrected chi connectivity index (χ1v) is 19.8. The van der Waals surface area contributed by atoms with Crippen LogP contribution in [0.2, 0.25) is 0 Å². The molecule has 0 aliphatic carbocycles. The van der Waals surface area contributed by atoms with E-state index in [0.717, 1.165) is 61.3 Å². The molecule has 0 bridgehead atoms. The van der Waals surface area contributed by atoms with E-state index in [1.807, 2.05) is 6.07 Å². The Balaban J connectivity index is 0.989. The number of nitrogens with zero attached hydrogens (tertiary/aromatic N) is 1. The Labute approximate surface area is 337 Å². The second-order valence-corrected chi connectivity index (χ2v) is 14.9. The summed E-state index contributed by atoms with van der Waals surface area (Å²) in [7, 11) is 0. The summed E-state index contributed by atoms with van der Waals surface area (Å²) in [4.78, 5) is 2.37. The van der Waals surface area contributed by atoms with Gasteiger partial charge in [-0.25, -0.2) is 0 Å². The number of anilines is 3. The number of benzene rings is 10. The first kappa shape index (κ1) is 33.6. The van der Waals surface area contributed by atoms with Crippen molar-refractivity contribution >= 4 is 60.5 Å². The minimum atomic E-state index is 0.893. The fourth-order valence-electron chi connectivity index (χ4n) is 8.51. The summed E-state index contributed by atoms with van der Waals surface area (Å²) in [6, 6.07) is 80.6. The molecule has 0 atom stereocenters. The molecule has 0 N–H and O–H groups in total. The molecule has 2 nitrogen and oxygen atoms in total. The van der Waals surface area contributed by atoms with Crippen LogP contribution in [0, 0.1) is 0 Å². The van der Waals surface area contributed by atoms with E-state index in [9.17, 15) is 0 Å². The summed E-state index contributed by atoms with van der Waals surface area (Å²) in [6.45, 7) is 0. The predicted octanol–water partition coefficient (Wildman–Crippen LogP) is 16.0. The van der Waals surface area contributed by atoms with Crippen LogP contribution < -0.4 is 4.90 Å². The number of fused-ring (bicyclic) bond motifs is 6. The molecule has 0 saturated carbocycles. The Kier molecular flexibility index (Phi) is 8.19. The van der Waals surface area contributed by atoms with Gasteiger partial charge in [0, 0.05) is 33.4 Å². The molecule has 0 fully saturated rings. The number of para-hydroxylation sites is 1. The van der Waals surface area contributed by atoms with Crippen molar-refractivity contribution in [2.45, 2.75) is 0 Å². The minimum absolute atomic E-state index is 0.893. The van der Waals surface area contributed by atoms with E-state index in [4.69, 9.17) is 4.42 Å². The first-order valence-electron chi connectivity index (χ1n) is 19.8. The van der Waals surface area contributed by atoms with Crippen LogP contribution in [-0.4, -0.2) is 0 Å². The van der Waals surface area contributed by atoms with Gasteiger partial charge in [-0.05, 0) is 115 Å². The van der Waals surface area contributed by atoms with Crippen LogP contribution in [0.15, 0.2) is 229 Å². The van der Waals surface area contributed by atoms with Gasteiger partial charge >= 0.3 is 0 Å². The van der Waals surface area contributed by atoms with E-state index < -0.39 is 0 Å². The normalized spacial score (nSPS) is 11.4. The van der Waals surface area contributed by atoms with Gasteiger partial charge in [-0.1, -0.05) is 170 Å². The van der Waals surface area contributed by atoms with Gasteiger partial charge in [0.2, 0.25) is 0 Å². The molecule has 0 unspecified atom stereocenters. The lowest BCUT2D eigenvalue weighted by Gasteiger charge is -2.26. The molecule has 0 aliphatic rings. The van der Waals surface area contributed by atoms with Gasteiger partial charge in [0.15, 0.2) is 0 Å². The number of furan rings is 1. The molecule has 1 heterocycles. The molecule has 272 valence electrons. The molecule has 0 amide bonds. The maximum atomic E-state index is 6.49. The van der Waals surface area contributed by atoms with Crippen LogP contribution in [0.4, 0.5) is 17.1 Å². The van der Waals surface area contributed by atoms with Gasteiger partial charge in [-0.3, -0.25) is 0 Å². The number of hydrogen-bond donors (Lipinski definition) is 0. The summed E-state index contributed by atoms with van der Waals surface area (Å²) in [6.07, 6.45) is 0. The third kappa shape index (κ3) is 6.00. The topological polar surface area (TPSA) is 16.4 Å². The smallest absolute Gasteiger partial charge is 0.143 e.